The molecule has 0 spiro atoms. The number of fused-ring (bicyclic) bond motifs is 1. The minimum Gasteiger partial charge on any atom is -0.452 e. The topological polar surface area (TPSA) is 92.8 Å². The van der Waals surface area contributed by atoms with Crippen LogP contribution in [0.1, 0.15) is 35.3 Å². The van der Waals surface area contributed by atoms with Crippen molar-refractivity contribution in [2.75, 3.05) is 13.2 Å². The number of hydrogen-bond donors (Lipinski definition) is 1. The largest absolute Gasteiger partial charge is 0.452 e. The van der Waals surface area contributed by atoms with Crippen LogP contribution in [0.2, 0.25) is 5.02 Å². The average molecular weight is 451 g/mol. The first kappa shape index (κ1) is 22.3. The summed E-state index contributed by atoms with van der Waals surface area (Å²) in [5, 5.41) is 2.65. The van der Waals surface area contributed by atoms with Gasteiger partial charge in [0.25, 0.3) is 5.91 Å². The van der Waals surface area contributed by atoms with Crippen molar-refractivity contribution in [1.29, 1.82) is 0 Å². The molecule has 0 bridgehead atoms. The number of nitrogens with zero attached hydrogens (tertiary/aromatic N) is 1. The number of carbonyl (C=O) groups is 2. The summed E-state index contributed by atoms with van der Waals surface area (Å²) < 4.78 is 32.6. The molecule has 0 fully saturated rings. The number of ether oxygens (including phenoxy) is 1. The summed E-state index contributed by atoms with van der Waals surface area (Å²) >= 11 is 6.08. The quantitative estimate of drug-likeness (QED) is 0.683. The summed E-state index contributed by atoms with van der Waals surface area (Å²) in [6, 6.07) is 11.5. The Balaban J connectivity index is 1.78. The summed E-state index contributed by atoms with van der Waals surface area (Å²) in [5.41, 5.74) is 1.98. The van der Waals surface area contributed by atoms with E-state index in [0.717, 1.165) is 11.1 Å². The Hall–Kier alpha value is -2.42. The molecule has 0 atom stereocenters. The van der Waals surface area contributed by atoms with Crippen molar-refractivity contribution >= 4 is 33.5 Å². The number of amides is 1. The number of nitrogens with one attached hydrogen (secondary N) is 1. The minimum absolute atomic E-state index is 0.0483. The van der Waals surface area contributed by atoms with Gasteiger partial charge in [0.2, 0.25) is 10.0 Å². The average Bonchev–Trinajstić information content (AvgIpc) is 2.71. The monoisotopic (exact) mass is 450 g/mol. The Labute approximate surface area is 181 Å². The van der Waals surface area contributed by atoms with E-state index in [1.165, 1.54) is 22.5 Å². The zero-order chi connectivity index (χ0) is 21.9. The van der Waals surface area contributed by atoms with E-state index in [1.807, 2.05) is 24.3 Å². The molecule has 7 nitrogen and oxygen atoms in total. The number of hydrogen-bond acceptors (Lipinski definition) is 5. The summed E-state index contributed by atoms with van der Waals surface area (Å²) in [6.07, 6.45) is 0.614. The standard InChI is InChI=1S/C21H23ClN2O5S/c1-14(2)23-20(25)13-29-21(26)18-11-17(7-8-19(18)22)30(27,28)24-10-9-15-5-3-4-6-16(15)12-24/h3-8,11,14H,9-10,12-13H2,1-2H3,(H,23,25). The molecule has 2 aromatic rings. The minimum atomic E-state index is -3.84. The molecule has 1 heterocycles. The van der Waals surface area contributed by atoms with Gasteiger partial charge in [-0.15, -0.1) is 0 Å². The highest BCUT2D eigenvalue weighted by Gasteiger charge is 2.29. The van der Waals surface area contributed by atoms with Crippen LogP contribution in [0, 0.1) is 0 Å². The van der Waals surface area contributed by atoms with E-state index >= 15 is 0 Å². The molecule has 0 aromatic heterocycles. The first-order valence-corrected chi connectivity index (χ1v) is 11.3. The van der Waals surface area contributed by atoms with E-state index in [4.69, 9.17) is 16.3 Å². The second-order valence-corrected chi connectivity index (χ2v) is 9.64. The third kappa shape index (κ3) is 5.00. The van der Waals surface area contributed by atoms with Crippen molar-refractivity contribution in [1.82, 2.24) is 9.62 Å². The van der Waals surface area contributed by atoms with Gasteiger partial charge in [0, 0.05) is 19.1 Å². The smallest absolute Gasteiger partial charge is 0.340 e. The lowest BCUT2D eigenvalue weighted by atomic mass is 10.0. The Bertz CT molecular complexity index is 1070. The molecule has 1 aliphatic heterocycles. The van der Waals surface area contributed by atoms with E-state index < -0.39 is 28.5 Å². The predicted molar refractivity (Wildman–Crippen MR) is 113 cm³/mol. The van der Waals surface area contributed by atoms with Gasteiger partial charge in [-0.1, -0.05) is 35.9 Å². The summed E-state index contributed by atoms with van der Waals surface area (Å²) in [6.45, 7) is 3.69. The van der Waals surface area contributed by atoms with E-state index in [2.05, 4.69) is 5.32 Å². The maximum atomic E-state index is 13.1. The maximum Gasteiger partial charge on any atom is 0.340 e. The highest BCUT2D eigenvalue weighted by molar-refractivity contribution is 7.89. The van der Waals surface area contributed by atoms with Gasteiger partial charge in [-0.2, -0.15) is 4.31 Å². The van der Waals surface area contributed by atoms with Crippen molar-refractivity contribution in [2.24, 2.45) is 0 Å². The summed E-state index contributed by atoms with van der Waals surface area (Å²) in [4.78, 5) is 24.0. The van der Waals surface area contributed by atoms with Gasteiger partial charge in [-0.3, -0.25) is 4.79 Å². The highest BCUT2D eigenvalue weighted by atomic mass is 35.5. The fourth-order valence-electron chi connectivity index (χ4n) is 3.22. The van der Waals surface area contributed by atoms with Crippen LogP contribution in [0.4, 0.5) is 0 Å². The third-order valence-electron chi connectivity index (χ3n) is 4.68. The summed E-state index contributed by atoms with van der Waals surface area (Å²) in [7, 11) is -3.84. The Morgan fingerprint density at radius 3 is 2.57 bits per heavy atom. The third-order valence-corrected chi connectivity index (χ3v) is 6.85. The van der Waals surface area contributed by atoms with Crippen LogP contribution in [0.15, 0.2) is 47.4 Å². The van der Waals surface area contributed by atoms with Crippen LogP contribution in [0.5, 0.6) is 0 Å². The molecule has 0 saturated carbocycles. The first-order valence-electron chi connectivity index (χ1n) is 9.51. The lowest BCUT2D eigenvalue weighted by molar-refractivity contribution is -0.124. The lowest BCUT2D eigenvalue weighted by Gasteiger charge is -2.28. The van der Waals surface area contributed by atoms with Crippen LogP contribution < -0.4 is 5.32 Å². The maximum absolute atomic E-state index is 13.1. The lowest BCUT2D eigenvalue weighted by Crippen LogP contribution is -2.36. The Morgan fingerprint density at radius 1 is 1.17 bits per heavy atom. The Morgan fingerprint density at radius 2 is 1.87 bits per heavy atom. The number of sulfonamides is 1. The van der Waals surface area contributed by atoms with Gasteiger partial charge in [0.15, 0.2) is 6.61 Å². The SMILES string of the molecule is CC(C)NC(=O)COC(=O)c1cc(S(=O)(=O)N2CCc3ccccc3C2)ccc1Cl. The molecule has 0 radical (unpaired) electrons. The van der Waals surface area contributed by atoms with Gasteiger partial charge in [-0.25, -0.2) is 13.2 Å². The molecule has 160 valence electrons. The number of esters is 1. The zero-order valence-corrected chi connectivity index (χ0v) is 18.3. The molecule has 2 aromatic carbocycles. The van der Waals surface area contributed by atoms with Crippen molar-refractivity contribution in [3.05, 3.63) is 64.2 Å². The molecule has 3 rings (SSSR count). The van der Waals surface area contributed by atoms with Gasteiger partial charge >= 0.3 is 5.97 Å². The molecular weight excluding hydrogens is 428 g/mol. The normalized spacial score (nSPS) is 14.3. The van der Waals surface area contributed by atoms with Crippen LogP contribution in [0.3, 0.4) is 0 Å². The molecule has 0 unspecified atom stereocenters. The number of benzene rings is 2. The predicted octanol–water partition coefficient (Wildman–Crippen LogP) is 2.77. The van der Waals surface area contributed by atoms with Crippen LogP contribution >= 0.6 is 11.6 Å². The van der Waals surface area contributed by atoms with Gasteiger partial charge in [-0.05, 0) is 49.6 Å². The van der Waals surface area contributed by atoms with E-state index in [9.17, 15) is 18.0 Å². The van der Waals surface area contributed by atoms with E-state index in [-0.39, 0.29) is 28.1 Å². The summed E-state index contributed by atoms with van der Waals surface area (Å²) in [5.74, 6) is -1.31. The first-order chi connectivity index (χ1) is 14.2. The second-order valence-electron chi connectivity index (χ2n) is 7.30. The fourth-order valence-corrected chi connectivity index (χ4v) is 4.86. The fraction of sp³-hybridized carbons (Fsp3) is 0.333. The van der Waals surface area contributed by atoms with Crippen molar-refractivity contribution < 1.29 is 22.7 Å². The molecule has 30 heavy (non-hydrogen) atoms. The van der Waals surface area contributed by atoms with Crippen LogP contribution in [0.25, 0.3) is 0 Å². The van der Waals surface area contributed by atoms with E-state index in [0.29, 0.717) is 13.0 Å². The van der Waals surface area contributed by atoms with Crippen molar-refractivity contribution in [2.45, 2.75) is 37.8 Å². The van der Waals surface area contributed by atoms with Crippen LogP contribution in [-0.4, -0.2) is 43.8 Å². The van der Waals surface area contributed by atoms with E-state index in [1.54, 1.807) is 13.8 Å². The molecule has 9 heteroatoms. The molecule has 1 amide bonds. The number of rotatable bonds is 6. The van der Waals surface area contributed by atoms with Crippen molar-refractivity contribution in [3.8, 4) is 0 Å². The molecule has 0 aliphatic carbocycles. The molecule has 0 saturated heterocycles. The van der Waals surface area contributed by atoms with Gasteiger partial charge in [0.05, 0.1) is 15.5 Å². The molecule has 1 aliphatic rings. The number of halogens is 1. The van der Waals surface area contributed by atoms with Crippen molar-refractivity contribution in [3.63, 3.8) is 0 Å². The Kier molecular flexibility index (Phi) is 6.80. The van der Waals surface area contributed by atoms with Crippen LogP contribution in [-0.2, 0) is 32.5 Å². The highest BCUT2D eigenvalue weighted by Crippen LogP contribution is 2.27. The zero-order valence-electron chi connectivity index (χ0n) is 16.7. The molecule has 1 N–H and O–H groups in total. The molecular formula is C21H23ClN2O5S. The van der Waals surface area contributed by atoms with Gasteiger partial charge < -0.3 is 10.1 Å². The number of carbonyl (C=O) groups excluding carboxylic acids is 2. The second kappa shape index (κ2) is 9.16. The van der Waals surface area contributed by atoms with Gasteiger partial charge in [0.1, 0.15) is 0 Å².